The van der Waals surface area contributed by atoms with E-state index in [1.807, 2.05) is 11.3 Å². The van der Waals surface area contributed by atoms with E-state index in [0.717, 1.165) is 0 Å². The second-order valence-electron chi connectivity index (χ2n) is 5.22. The third kappa shape index (κ3) is 3.32. The van der Waals surface area contributed by atoms with Gasteiger partial charge in [0, 0.05) is 9.75 Å². The highest BCUT2D eigenvalue weighted by Gasteiger charge is 2.02. The molecule has 0 spiro atoms. The van der Waals surface area contributed by atoms with Crippen molar-refractivity contribution in [1.29, 1.82) is 0 Å². The molecule has 3 rings (SSSR count). The summed E-state index contributed by atoms with van der Waals surface area (Å²) in [5.74, 6) is 0. The van der Waals surface area contributed by atoms with Crippen LogP contribution < -0.4 is 0 Å². The van der Waals surface area contributed by atoms with Crippen molar-refractivity contribution in [1.82, 2.24) is 0 Å². The lowest BCUT2D eigenvalue weighted by Crippen LogP contribution is -1.84. The fourth-order valence-corrected chi connectivity index (χ4v) is 3.17. The van der Waals surface area contributed by atoms with Crippen molar-refractivity contribution >= 4 is 23.5 Å². The molecule has 0 aliphatic rings. The van der Waals surface area contributed by atoms with E-state index < -0.39 is 0 Å². The summed E-state index contributed by atoms with van der Waals surface area (Å²) in [6.07, 6.45) is 4.38. The van der Waals surface area contributed by atoms with Gasteiger partial charge >= 0.3 is 0 Å². The van der Waals surface area contributed by atoms with Gasteiger partial charge in [-0.05, 0) is 60.4 Å². The highest BCUT2D eigenvalue weighted by molar-refractivity contribution is 7.12. The lowest BCUT2D eigenvalue weighted by atomic mass is 9.98. The Balaban J connectivity index is 1.93. The summed E-state index contributed by atoms with van der Waals surface area (Å²) in [5, 5.41) is 0. The van der Waals surface area contributed by atoms with Gasteiger partial charge in [-0.1, -0.05) is 48.5 Å². The van der Waals surface area contributed by atoms with Crippen molar-refractivity contribution < 1.29 is 0 Å². The standard InChI is InChI=1S/C20H18S/c1-15-8-10-17(11-13-19-12-9-16(2)21-19)14-20(15)18-6-4-3-5-7-18/h3-14H,1-2H3/b13-11+. The van der Waals surface area contributed by atoms with E-state index in [2.05, 4.69) is 86.7 Å². The van der Waals surface area contributed by atoms with Gasteiger partial charge in [0.25, 0.3) is 0 Å². The molecule has 2 aromatic carbocycles. The van der Waals surface area contributed by atoms with Gasteiger partial charge < -0.3 is 0 Å². The van der Waals surface area contributed by atoms with E-state index in [9.17, 15) is 0 Å². The zero-order valence-electron chi connectivity index (χ0n) is 12.3. The minimum absolute atomic E-state index is 1.24. The Morgan fingerprint density at radius 3 is 2.33 bits per heavy atom. The van der Waals surface area contributed by atoms with Gasteiger partial charge in [0.15, 0.2) is 0 Å². The highest BCUT2D eigenvalue weighted by atomic mass is 32.1. The molecule has 1 heteroatoms. The van der Waals surface area contributed by atoms with Crippen LogP contribution >= 0.6 is 11.3 Å². The molecule has 21 heavy (non-hydrogen) atoms. The zero-order chi connectivity index (χ0) is 14.7. The van der Waals surface area contributed by atoms with Gasteiger partial charge in [0.2, 0.25) is 0 Å². The van der Waals surface area contributed by atoms with Crippen LogP contribution in [-0.2, 0) is 0 Å². The summed E-state index contributed by atoms with van der Waals surface area (Å²) in [7, 11) is 0. The fourth-order valence-electron chi connectivity index (χ4n) is 2.39. The molecular formula is C20H18S. The maximum Gasteiger partial charge on any atom is 0.0273 e. The Morgan fingerprint density at radius 2 is 1.62 bits per heavy atom. The van der Waals surface area contributed by atoms with Crippen molar-refractivity contribution in [2.24, 2.45) is 0 Å². The first-order valence-electron chi connectivity index (χ1n) is 7.13. The normalized spacial score (nSPS) is 11.1. The second-order valence-corrected chi connectivity index (χ2v) is 6.54. The molecule has 1 aromatic heterocycles. The van der Waals surface area contributed by atoms with Crippen LogP contribution in [0.2, 0.25) is 0 Å². The highest BCUT2D eigenvalue weighted by Crippen LogP contribution is 2.25. The van der Waals surface area contributed by atoms with Crippen molar-refractivity contribution in [2.45, 2.75) is 13.8 Å². The number of aryl methyl sites for hydroxylation is 2. The van der Waals surface area contributed by atoms with Gasteiger partial charge in [-0.2, -0.15) is 0 Å². The van der Waals surface area contributed by atoms with Gasteiger partial charge in [-0.3, -0.25) is 0 Å². The maximum atomic E-state index is 2.27. The Morgan fingerprint density at radius 1 is 0.810 bits per heavy atom. The summed E-state index contributed by atoms with van der Waals surface area (Å²) in [4.78, 5) is 2.65. The summed E-state index contributed by atoms with van der Waals surface area (Å²) >= 11 is 1.82. The van der Waals surface area contributed by atoms with Gasteiger partial charge in [-0.15, -0.1) is 11.3 Å². The smallest absolute Gasteiger partial charge is 0.0273 e. The lowest BCUT2D eigenvalue weighted by molar-refractivity contribution is 1.45. The monoisotopic (exact) mass is 290 g/mol. The number of benzene rings is 2. The fraction of sp³-hybridized carbons (Fsp3) is 0.100. The van der Waals surface area contributed by atoms with Crippen LogP contribution in [0.25, 0.3) is 23.3 Å². The minimum Gasteiger partial charge on any atom is -0.141 e. The van der Waals surface area contributed by atoms with Crippen molar-refractivity contribution in [3.05, 3.63) is 81.5 Å². The number of hydrogen-bond acceptors (Lipinski definition) is 1. The Labute approximate surface area is 130 Å². The summed E-state index contributed by atoms with van der Waals surface area (Å²) in [6, 6.07) is 21.5. The topological polar surface area (TPSA) is 0 Å². The zero-order valence-corrected chi connectivity index (χ0v) is 13.2. The molecule has 0 saturated carbocycles. The minimum atomic E-state index is 1.24. The first-order valence-corrected chi connectivity index (χ1v) is 7.94. The van der Waals surface area contributed by atoms with Gasteiger partial charge in [0.1, 0.15) is 0 Å². The Kier molecular flexibility index (Phi) is 4.03. The second kappa shape index (κ2) is 6.11. The van der Waals surface area contributed by atoms with E-state index >= 15 is 0 Å². The maximum absolute atomic E-state index is 2.27. The van der Waals surface area contributed by atoms with Crippen LogP contribution in [0.15, 0.2) is 60.7 Å². The Hall–Kier alpha value is -2.12. The third-order valence-electron chi connectivity index (χ3n) is 3.55. The molecule has 1 heterocycles. The van der Waals surface area contributed by atoms with Crippen LogP contribution in [0.1, 0.15) is 20.9 Å². The molecule has 0 atom stereocenters. The number of hydrogen-bond donors (Lipinski definition) is 0. The summed E-state index contributed by atoms with van der Waals surface area (Å²) in [5.41, 5.74) is 5.13. The lowest BCUT2D eigenvalue weighted by Gasteiger charge is -2.07. The van der Waals surface area contributed by atoms with Crippen LogP contribution in [0.4, 0.5) is 0 Å². The first-order chi connectivity index (χ1) is 10.2. The molecule has 0 bridgehead atoms. The summed E-state index contributed by atoms with van der Waals surface area (Å²) in [6.45, 7) is 4.31. The van der Waals surface area contributed by atoms with E-state index in [0.29, 0.717) is 0 Å². The molecule has 0 amide bonds. The molecule has 0 N–H and O–H groups in total. The van der Waals surface area contributed by atoms with Crippen LogP contribution in [0, 0.1) is 13.8 Å². The molecule has 104 valence electrons. The molecule has 0 aliphatic heterocycles. The number of thiophene rings is 1. The third-order valence-corrected chi connectivity index (χ3v) is 4.51. The van der Waals surface area contributed by atoms with E-state index in [4.69, 9.17) is 0 Å². The quantitative estimate of drug-likeness (QED) is 0.538. The molecule has 0 unspecified atom stereocenters. The number of rotatable bonds is 3. The first kappa shape index (κ1) is 13.8. The molecule has 0 fully saturated rings. The molecular weight excluding hydrogens is 272 g/mol. The molecule has 0 nitrogen and oxygen atoms in total. The Bertz CT molecular complexity index is 764. The van der Waals surface area contributed by atoms with Gasteiger partial charge in [0.05, 0.1) is 0 Å². The predicted octanol–water partition coefficient (Wildman–Crippen LogP) is 6.20. The average Bonchev–Trinajstić information content (AvgIpc) is 2.93. The molecule has 0 saturated heterocycles. The molecule has 0 radical (unpaired) electrons. The predicted molar refractivity (Wildman–Crippen MR) is 94.6 cm³/mol. The van der Waals surface area contributed by atoms with E-state index in [1.165, 1.54) is 32.0 Å². The van der Waals surface area contributed by atoms with Crippen LogP contribution in [0.3, 0.4) is 0 Å². The van der Waals surface area contributed by atoms with Crippen LogP contribution in [0.5, 0.6) is 0 Å². The SMILES string of the molecule is Cc1ccc(/C=C/c2ccc(C)c(-c3ccccc3)c2)s1. The average molecular weight is 290 g/mol. The van der Waals surface area contributed by atoms with Gasteiger partial charge in [-0.25, -0.2) is 0 Å². The largest absolute Gasteiger partial charge is 0.141 e. The van der Waals surface area contributed by atoms with Crippen molar-refractivity contribution in [3.8, 4) is 11.1 Å². The van der Waals surface area contributed by atoms with Crippen LogP contribution in [-0.4, -0.2) is 0 Å². The molecule has 3 aromatic rings. The summed E-state index contributed by atoms with van der Waals surface area (Å²) < 4.78 is 0. The van der Waals surface area contributed by atoms with Crippen molar-refractivity contribution in [3.63, 3.8) is 0 Å². The van der Waals surface area contributed by atoms with E-state index in [-0.39, 0.29) is 0 Å². The van der Waals surface area contributed by atoms with Crippen molar-refractivity contribution in [2.75, 3.05) is 0 Å². The van der Waals surface area contributed by atoms with E-state index in [1.54, 1.807) is 0 Å². The molecule has 0 aliphatic carbocycles.